The van der Waals surface area contributed by atoms with Gasteiger partial charge in [0, 0.05) is 38.3 Å². The van der Waals surface area contributed by atoms with E-state index in [9.17, 15) is 9.59 Å². The van der Waals surface area contributed by atoms with Crippen molar-refractivity contribution in [2.75, 3.05) is 39.3 Å². The Bertz CT molecular complexity index is 686. The molecular weight excluding hydrogens is 324 g/mol. The molecule has 1 aromatic rings. The standard InChI is InChI=1S/C17H22N4O4/c1-20(8-4-7-18)17(23)19-12-9-16(22)21(11-12)13-5-6-14(24-2)15(10-13)25-3/h5-6,10,12H,4,8-9,11H2,1-3H3,(H,19,23)/t12-/m1/s1. The van der Waals surface area contributed by atoms with Crippen LogP contribution in [0.2, 0.25) is 0 Å². The lowest BCUT2D eigenvalue weighted by atomic mass is 10.2. The molecule has 1 aromatic carbocycles. The Morgan fingerprint density at radius 3 is 2.76 bits per heavy atom. The van der Waals surface area contributed by atoms with E-state index in [1.807, 2.05) is 6.07 Å². The van der Waals surface area contributed by atoms with Gasteiger partial charge < -0.3 is 24.6 Å². The van der Waals surface area contributed by atoms with Gasteiger partial charge in [0.15, 0.2) is 11.5 Å². The molecule has 1 atom stereocenters. The summed E-state index contributed by atoms with van der Waals surface area (Å²) in [6.07, 6.45) is 0.497. The molecule has 0 spiro atoms. The van der Waals surface area contributed by atoms with Crippen molar-refractivity contribution in [3.63, 3.8) is 0 Å². The first-order valence-corrected chi connectivity index (χ1v) is 7.91. The second kappa shape index (κ2) is 8.24. The summed E-state index contributed by atoms with van der Waals surface area (Å²) in [5.41, 5.74) is 0.692. The molecule has 8 nitrogen and oxygen atoms in total. The smallest absolute Gasteiger partial charge is 0.317 e. The minimum Gasteiger partial charge on any atom is -0.493 e. The van der Waals surface area contributed by atoms with E-state index in [1.165, 1.54) is 12.0 Å². The Balaban J connectivity index is 2.03. The number of anilines is 1. The highest BCUT2D eigenvalue weighted by atomic mass is 16.5. The average molecular weight is 346 g/mol. The molecule has 3 amide bonds. The zero-order chi connectivity index (χ0) is 18.4. The van der Waals surface area contributed by atoms with Gasteiger partial charge in [-0.05, 0) is 12.1 Å². The second-order valence-corrected chi connectivity index (χ2v) is 5.72. The van der Waals surface area contributed by atoms with Gasteiger partial charge in [0.2, 0.25) is 5.91 Å². The van der Waals surface area contributed by atoms with E-state index in [2.05, 4.69) is 5.32 Å². The van der Waals surface area contributed by atoms with Crippen molar-refractivity contribution in [3.05, 3.63) is 18.2 Å². The largest absolute Gasteiger partial charge is 0.493 e. The molecule has 1 saturated heterocycles. The normalized spacial score (nSPS) is 16.3. The number of benzene rings is 1. The molecule has 0 unspecified atom stereocenters. The minimum atomic E-state index is -0.290. The Kier molecular flexibility index (Phi) is 6.06. The van der Waals surface area contributed by atoms with Gasteiger partial charge in [-0.3, -0.25) is 4.79 Å². The number of nitrogens with one attached hydrogen (secondary N) is 1. The molecule has 0 saturated carbocycles. The van der Waals surface area contributed by atoms with E-state index in [4.69, 9.17) is 14.7 Å². The molecule has 1 N–H and O–H groups in total. The molecule has 0 radical (unpaired) electrons. The lowest BCUT2D eigenvalue weighted by molar-refractivity contribution is -0.117. The van der Waals surface area contributed by atoms with Crippen LogP contribution in [0.3, 0.4) is 0 Å². The summed E-state index contributed by atoms with van der Waals surface area (Å²) in [5.74, 6) is 1.05. The number of rotatable bonds is 6. The summed E-state index contributed by atoms with van der Waals surface area (Å²) >= 11 is 0. The molecule has 1 fully saturated rings. The number of hydrogen-bond donors (Lipinski definition) is 1. The lowest BCUT2D eigenvalue weighted by Gasteiger charge is -2.21. The van der Waals surface area contributed by atoms with Crippen LogP contribution in [0.15, 0.2) is 18.2 Å². The highest BCUT2D eigenvalue weighted by molar-refractivity contribution is 5.97. The predicted molar refractivity (Wildman–Crippen MR) is 91.7 cm³/mol. The van der Waals surface area contributed by atoms with Gasteiger partial charge >= 0.3 is 6.03 Å². The molecule has 1 aliphatic rings. The number of nitriles is 1. The number of nitrogens with zero attached hydrogens (tertiary/aromatic N) is 3. The van der Waals surface area contributed by atoms with Crippen LogP contribution in [0.4, 0.5) is 10.5 Å². The summed E-state index contributed by atoms with van der Waals surface area (Å²) in [6.45, 7) is 0.731. The molecule has 1 aliphatic heterocycles. The second-order valence-electron chi connectivity index (χ2n) is 5.72. The summed E-state index contributed by atoms with van der Waals surface area (Å²) < 4.78 is 10.5. The fraction of sp³-hybridized carbons (Fsp3) is 0.471. The number of amides is 3. The predicted octanol–water partition coefficient (Wildman–Crippen LogP) is 1.36. The van der Waals surface area contributed by atoms with E-state index in [0.717, 1.165) is 0 Å². The third kappa shape index (κ3) is 4.32. The van der Waals surface area contributed by atoms with Gasteiger partial charge in [0.05, 0.1) is 32.8 Å². The Labute approximate surface area is 146 Å². The molecule has 25 heavy (non-hydrogen) atoms. The van der Waals surface area contributed by atoms with Crippen molar-refractivity contribution in [3.8, 4) is 17.6 Å². The molecule has 1 heterocycles. The van der Waals surface area contributed by atoms with Crippen molar-refractivity contribution in [1.82, 2.24) is 10.2 Å². The van der Waals surface area contributed by atoms with E-state index >= 15 is 0 Å². The maximum absolute atomic E-state index is 12.3. The van der Waals surface area contributed by atoms with Crippen molar-refractivity contribution in [2.45, 2.75) is 18.9 Å². The van der Waals surface area contributed by atoms with Crippen molar-refractivity contribution in [1.29, 1.82) is 5.26 Å². The molecule has 134 valence electrons. The minimum absolute atomic E-state index is 0.0720. The maximum Gasteiger partial charge on any atom is 0.317 e. The topological polar surface area (TPSA) is 94.9 Å². The Hall–Kier alpha value is -2.95. The van der Waals surface area contributed by atoms with Crippen LogP contribution < -0.4 is 19.7 Å². The molecule has 8 heteroatoms. The number of carbonyl (C=O) groups is 2. The third-order valence-electron chi connectivity index (χ3n) is 4.04. The summed E-state index contributed by atoms with van der Waals surface area (Å²) in [7, 11) is 4.70. The van der Waals surface area contributed by atoms with Gasteiger partial charge in [-0.2, -0.15) is 5.26 Å². The quantitative estimate of drug-likeness (QED) is 0.839. The summed E-state index contributed by atoms with van der Waals surface area (Å²) in [4.78, 5) is 27.4. The summed E-state index contributed by atoms with van der Waals surface area (Å²) in [6, 6.07) is 6.68. The first-order chi connectivity index (χ1) is 12.0. The van der Waals surface area contributed by atoms with Crippen LogP contribution in [-0.2, 0) is 4.79 Å². The van der Waals surface area contributed by atoms with Crippen LogP contribution in [0, 0.1) is 11.3 Å². The van der Waals surface area contributed by atoms with E-state index in [0.29, 0.717) is 30.3 Å². The average Bonchev–Trinajstić information content (AvgIpc) is 2.98. The van der Waals surface area contributed by atoms with Gasteiger partial charge in [0.1, 0.15) is 0 Å². The molecule has 0 aromatic heterocycles. The Morgan fingerprint density at radius 2 is 2.12 bits per heavy atom. The highest BCUT2D eigenvalue weighted by Crippen LogP contribution is 2.33. The third-order valence-corrected chi connectivity index (χ3v) is 4.04. The number of carbonyl (C=O) groups excluding carboxylic acids is 2. The van der Waals surface area contributed by atoms with Crippen molar-refractivity contribution < 1.29 is 19.1 Å². The first-order valence-electron chi connectivity index (χ1n) is 7.91. The van der Waals surface area contributed by atoms with Crippen LogP contribution in [0.1, 0.15) is 12.8 Å². The van der Waals surface area contributed by atoms with Crippen LogP contribution in [0.5, 0.6) is 11.5 Å². The monoisotopic (exact) mass is 346 g/mol. The maximum atomic E-state index is 12.3. The van der Waals surface area contributed by atoms with E-state index in [-0.39, 0.29) is 30.8 Å². The number of methoxy groups -OCH3 is 2. The first kappa shape index (κ1) is 18.4. The van der Waals surface area contributed by atoms with Gasteiger partial charge in [-0.15, -0.1) is 0 Å². The highest BCUT2D eigenvalue weighted by Gasteiger charge is 2.32. The Morgan fingerprint density at radius 1 is 1.40 bits per heavy atom. The van der Waals surface area contributed by atoms with Crippen LogP contribution in [0.25, 0.3) is 0 Å². The number of hydrogen-bond acceptors (Lipinski definition) is 5. The fourth-order valence-electron chi connectivity index (χ4n) is 2.65. The van der Waals surface area contributed by atoms with Crippen LogP contribution >= 0.6 is 0 Å². The zero-order valence-electron chi connectivity index (χ0n) is 14.6. The molecule has 0 bridgehead atoms. The molecular formula is C17H22N4O4. The molecule has 2 rings (SSSR count). The SMILES string of the molecule is COc1ccc(N2C[C@H](NC(=O)N(C)CCC#N)CC2=O)cc1OC. The van der Waals surface area contributed by atoms with Crippen molar-refractivity contribution in [2.24, 2.45) is 0 Å². The van der Waals surface area contributed by atoms with Crippen LogP contribution in [-0.4, -0.2) is 57.2 Å². The number of ether oxygens (including phenoxy) is 2. The van der Waals surface area contributed by atoms with Gasteiger partial charge in [-0.25, -0.2) is 4.79 Å². The fourth-order valence-corrected chi connectivity index (χ4v) is 2.65. The number of urea groups is 1. The van der Waals surface area contributed by atoms with E-state index < -0.39 is 0 Å². The lowest BCUT2D eigenvalue weighted by Crippen LogP contribution is -2.44. The zero-order valence-corrected chi connectivity index (χ0v) is 14.6. The van der Waals surface area contributed by atoms with Gasteiger partial charge in [-0.1, -0.05) is 0 Å². The summed E-state index contributed by atoms with van der Waals surface area (Å²) in [5, 5.41) is 11.4. The van der Waals surface area contributed by atoms with Crippen molar-refractivity contribution >= 4 is 17.6 Å². The van der Waals surface area contributed by atoms with Gasteiger partial charge in [0.25, 0.3) is 0 Å². The molecule has 0 aliphatic carbocycles. The van der Waals surface area contributed by atoms with E-state index in [1.54, 1.807) is 37.3 Å².